The number of hydrogen-bond donors (Lipinski definition) is 1. The van der Waals surface area contributed by atoms with E-state index < -0.39 is 5.92 Å². The molecule has 1 N–H and O–H groups in total. The lowest BCUT2D eigenvalue weighted by atomic mass is 10.2. The summed E-state index contributed by atoms with van der Waals surface area (Å²) in [5, 5.41) is 25.0. The molecule has 0 aliphatic rings. The lowest BCUT2D eigenvalue weighted by molar-refractivity contribution is 0.281. The van der Waals surface area contributed by atoms with Crippen LogP contribution < -0.4 is 0 Å². The topological polar surface area (TPSA) is 82.7 Å². The van der Waals surface area contributed by atoms with Crippen LogP contribution in [0.15, 0.2) is 0 Å². The molecule has 1 aromatic rings. The molecule has 1 aromatic heterocycles. The van der Waals surface area contributed by atoms with E-state index in [0.717, 1.165) is 11.4 Å². The van der Waals surface area contributed by atoms with Gasteiger partial charge in [0.15, 0.2) is 5.82 Å². The highest BCUT2D eigenvalue weighted by Crippen LogP contribution is 2.08. The van der Waals surface area contributed by atoms with Crippen LogP contribution in [0.3, 0.4) is 0 Å². The summed E-state index contributed by atoms with van der Waals surface area (Å²) in [6, 6.07) is 1.90. The summed E-state index contributed by atoms with van der Waals surface area (Å²) in [4.78, 5) is 4.06. The average molecular weight is 178 g/mol. The first-order chi connectivity index (χ1) is 6.19. The second-order valence-electron chi connectivity index (χ2n) is 2.71. The number of nitrogens with zero attached hydrogens (tertiary/aromatic N) is 4. The van der Waals surface area contributed by atoms with E-state index in [1.54, 1.807) is 13.8 Å². The molecule has 0 radical (unpaired) electrons. The number of nitriles is 1. The predicted molar refractivity (Wildman–Crippen MR) is 44.7 cm³/mol. The molecule has 1 heterocycles. The van der Waals surface area contributed by atoms with Crippen molar-refractivity contribution < 1.29 is 5.11 Å². The Hall–Kier alpha value is -1.54. The van der Waals surface area contributed by atoms with Gasteiger partial charge in [0.05, 0.1) is 24.1 Å². The zero-order chi connectivity index (χ0) is 9.84. The Kier molecular flexibility index (Phi) is 2.88. The van der Waals surface area contributed by atoms with Crippen molar-refractivity contribution in [3.05, 3.63) is 17.2 Å². The predicted octanol–water partition coefficient (Wildman–Crippen LogP) is 0.0879. The highest BCUT2D eigenvalue weighted by atomic mass is 16.3. The summed E-state index contributed by atoms with van der Waals surface area (Å²) in [5.74, 6) is -0.389. The van der Waals surface area contributed by atoms with E-state index in [0.29, 0.717) is 0 Å². The molecule has 1 atom stereocenters. The van der Waals surface area contributed by atoms with Gasteiger partial charge in [-0.1, -0.05) is 0 Å². The van der Waals surface area contributed by atoms with Crippen molar-refractivity contribution in [3.8, 4) is 6.07 Å². The van der Waals surface area contributed by atoms with Crippen molar-refractivity contribution in [2.24, 2.45) is 0 Å². The van der Waals surface area contributed by atoms with Crippen LogP contribution in [0, 0.1) is 25.2 Å². The van der Waals surface area contributed by atoms with Crippen LogP contribution in [-0.2, 0) is 0 Å². The molecule has 0 fully saturated rings. The summed E-state index contributed by atoms with van der Waals surface area (Å²) in [5.41, 5.74) is 1.47. The molecule has 68 valence electrons. The van der Waals surface area contributed by atoms with Crippen LogP contribution in [-0.4, -0.2) is 26.9 Å². The first kappa shape index (κ1) is 9.55. The van der Waals surface area contributed by atoms with Gasteiger partial charge >= 0.3 is 0 Å². The Morgan fingerprint density at radius 2 is 2.08 bits per heavy atom. The van der Waals surface area contributed by atoms with Crippen molar-refractivity contribution in [2.45, 2.75) is 19.8 Å². The van der Waals surface area contributed by atoms with Gasteiger partial charge in [-0.05, 0) is 13.8 Å². The molecule has 5 heteroatoms. The molecule has 0 bridgehead atoms. The maximum atomic E-state index is 8.81. The maximum Gasteiger partial charge on any atom is 0.170 e. The highest BCUT2D eigenvalue weighted by Gasteiger charge is 2.13. The Labute approximate surface area is 76.1 Å². The summed E-state index contributed by atoms with van der Waals surface area (Å²) in [7, 11) is 0. The molecule has 0 spiro atoms. The molecule has 1 rings (SSSR count). The van der Waals surface area contributed by atoms with E-state index in [-0.39, 0.29) is 12.4 Å². The number of hydrogen-bond acceptors (Lipinski definition) is 5. The Morgan fingerprint density at radius 1 is 1.38 bits per heavy atom. The monoisotopic (exact) mass is 178 g/mol. The smallest absolute Gasteiger partial charge is 0.170 e. The second kappa shape index (κ2) is 3.92. The van der Waals surface area contributed by atoms with E-state index in [1.165, 1.54) is 0 Å². The standard InChI is InChI=1S/C8H10N4O/c1-5-6(2)11-12-8(10-5)7(3-9)4-13/h7,13H,4H2,1-2H3. The maximum absolute atomic E-state index is 8.81. The Balaban J connectivity index is 3.04. The third-order valence-electron chi connectivity index (χ3n) is 1.76. The zero-order valence-electron chi connectivity index (χ0n) is 7.52. The molecule has 0 amide bonds. The first-order valence-electron chi connectivity index (χ1n) is 3.87. The zero-order valence-corrected chi connectivity index (χ0v) is 7.52. The van der Waals surface area contributed by atoms with Gasteiger partial charge in [0.25, 0.3) is 0 Å². The molecule has 5 nitrogen and oxygen atoms in total. The third-order valence-corrected chi connectivity index (χ3v) is 1.76. The third kappa shape index (κ3) is 1.98. The lowest BCUT2D eigenvalue weighted by Gasteiger charge is -2.04. The molecule has 0 saturated carbocycles. The van der Waals surface area contributed by atoms with Crippen molar-refractivity contribution in [1.29, 1.82) is 5.26 Å². The van der Waals surface area contributed by atoms with Crippen molar-refractivity contribution in [2.75, 3.05) is 6.61 Å². The first-order valence-corrected chi connectivity index (χ1v) is 3.87. The molecule has 0 aliphatic carbocycles. The van der Waals surface area contributed by atoms with Crippen LogP contribution in [0.5, 0.6) is 0 Å². The molecular formula is C8H10N4O. The molecule has 1 unspecified atom stereocenters. The average Bonchev–Trinajstić information content (AvgIpc) is 2.13. The second-order valence-corrected chi connectivity index (χ2v) is 2.71. The van der Waals surface area contributed by atoms with Crippen LogP contribution in [0.2, 0.25) is 0 Å². The minimum atomic E-state index is -0.674. The fourth-order valence-corrected chi connectivity index (χ4v) is 0.801. The van der Waals surface area contributed by atoms with E-state index in [4.69, 9.17) is 10.4 Å². The van der Waals surface area contributed by atoms with Crippen LogP contribution >= 0.6 is 0 Å². The molecule has 0 aliphatic heterocycles. The molecule has 13 heavy (non-hydrogen) atoms. The molecule has 0 aromatic carbocycles. The van der Waals surface area contributed by atoms with Crippen molar-refractivity contribution in [1.82, 2.24) is 15.2 Å². The summed E-state index contributed by atoms with van der Waals surface area (Å²) >= 11 is 0. The summed E-state index contributed by atoms with van der Waals surface area (Å²) < 4.78 is 0. The van der Waals surface area contributed by atoms with Gasteiger partial charge in [-0.25, -0.2) is 4.98 Å². The Bertz CT molecular complexity index is 344. The van der Waals surface area contributed by atoms with Crippen LogP contribution in [0.25, 0.3) is 0 Å². The minimum absolute atomic E-state index is 0.277. The van der Waals surface area contributed by atoms with Gasteiger partial charge in [0, 0.05) is 0 Å². The number of aryl methyl sites for hydroxylation is 2. The molecular weight excluding hydrogens is 168 g/mol. The highest BCUT2D eigenvalue weighted by molar-refractivity contribution is 5.12. The van der Waals surface area contributed by atoms with E-state index in [9.17, 15) is 0 Å². The van der Waals surface area contributed by atoms with E-state index >= 15 is 0 Å². The van der Waals surface area contributed by atoms with Gasteiger partial charge < -0.3 is 5.11 Å². The SMILES string of the molecule is Cc1nnc(C(C#N)CO)nc1C. The quantitative estimate of drug-likeness (QED) is 0.693. The Morgan fingerprint density at radius 3 is 2.54 bits per heavy atom. The van der Waals surface area contributed by atoms with E-state index in [1.807, 2.05) is 6.07 Å². The number of rotatable bonds is 2. The van der Waals surface area contributed by atoms with Gasteiger partial charge in [-0.2, -0.15) is 10.4 Å². The van der Waals surface area contributed by atoms with Gasteiger partial charge in [-0.15, -0.1) is 5.10 Å². The van der Waals surface area contributed by atoms with Gasteiger partial charge in [0.1, 0.15) is 5.92 Å². The summed E-state index contributed by atoms with van der Waals surface area (Å²) in [6.07, 6.45) is 0. The van der Waals surface area contributed by atoms with Crippen molar-refractivity contribution >= 4 is 0 Å². The summed E-state index contributed by atoms with van der Waals surface area (Å²) in [6.45, 7) is 3.31. The van der Waals surface area contributed by atoms with Gasteiger partial charge in [0.2, 0.25) is 0 Å². The number of aliphatic hydroxyl groups excluding tert-OH is 1. The normalized spacial score (nSPS) is 12.2. The van der Waals surface area contributed by atoms with E-state index in [2.05, 4.69) is 15.2 Å². The largest absolute Gasteiger partial charge is 0.395 e. The fraction of sp³-hybridized carbons (Fsp3) is 0.500. The number of aromatic nitrogens is 3. The van der Waals surface area contributed by atoms with Gasteiger partial charge in [-0.3, -0.25) is 0 Å². The number of aliphatic hydroxyl groups is 1. The van der Waals surface area contributed by atoms with Crippen LogP contribution in [0.4, 0.5) is 0 Å². The van der Waals surface area contributed by atoms with Crippen molar-refractivity contribution in [3.63, 3.8) is 0 Å². The van der Waals surface area contributed by atoms with Crippen LogP contribution in [0.1, 0.15) is 23.1 Å². The molecule has 0 saturated heterocycles. The minimum Gasteiger partial charge on any atom is -0.395 e. The fourth-order valence-electron chi connectivity index (χ4n) is 0.801. The lowest BCUT2D eigenvalue weighted by Crippen LogP contribution is -2.10.